The van der Waals surface area contributed by atoms with Crippen molar-refractivity contribution in [1.82, 2.24) is 9.88 Å². The highest BCUT2D eigenvalue weighted by Gasteiger charge is 2.18. The molecule has 0 amide bonds. The van der Waals surface area contributed by atoms with Gasteiger partial charge in [0.05, 0.1) is 5.02 Å². The number of nitrogens with zero attached hydrogens (tertiary/aromatic N) is 2. The van der Waals surface area contributed by atoms with Crippen molar-refractivity contribution in [2.45, 2.75) is 24.7 Å². The number of H-pyrrole nitrogens is 1. The summed E-state index contributed by atoms with van der Waals surface area (Å²) in [4.78, 5) is 9.71. The first-order chi connectivity index (χ1) is 13.7. The molecule has 28 heavy (non-hydrogen) atoms. The molecule has 0 radical (unpaired) electrons. The second kappa shape index (κ2) is 9.25. The first kappa shape index (κ1) is 19.7. The molecule has 148 valence electrons. The highest BCUT2D eigenvalue weighted by Crippen LogP contribution is 2.31. The first-order valence-electron chi connectivity index (χ1n) is 10.1. The number of aromatic amines is 1. The van der Waals surface area contributed by atoms with Gasteiger partial charge < -0.3 is 9.88 Å². The van der Waals surface area contributed by atoms with Crippen molar-refractivity contribution >= 4 is 40.0 Å². The fourth-order valence-corrected chi connectivity index (χ4v) is 5.41. The van der Waals surface area contributed by atoms with Gasteiger partial charge in [0.2, 0.25) is 0 Å². The number of aromatic nitrogens is 1. The predicted molar refractivity (Wildman–Crippen MR) is 123 cm³/mol. The van der Waals surface area contributed by atoms with Crippen LogP contribution < -0.4 is 4.90 Å². The molecule has 0 atom stereocenters. The van der Waals surface area contributed by atoms with Gasteiger partial charge in [-0.05, 0) is 61.9 Å². The van der Waals surface area contributed by atoms with Gasteiger partial charge in [0.25, 0.3) is 0 Å². The standard InChI is InChI=1S/C23H28ClN3S/c1-18-6-4-7-20(24)23(18)28-17-3-2-12-26-13-15-27(16-14-26)22-9-5-8-21-19(22)10-11-25-21/h4-11,25H,2-3,12-17H2,1H3. The Hall–Kier alpha value is -1.62. The van der Waals surface area contributed by atoms with E-state index in [9.17, 15) is 0 Å². The quantitative estimate of drug-likeness (QED) is 0.389. The third-order valence-corrected chi connectivity index (χ3v) is 7.31. The Bertz CT molecular complexity index is 895. The lowest BCUT2D eigenvalue weighted by atomic mass is 10.1. The number of fused-ring (bicyclic) bond motifs is 1. The van der Waals surface area contributed by atoms with Crippen LogP contribution in [0.2, 0.25) is 5.02 Å². The van der Waals surface area contributed by atoms with Gasteiger partial charge in [-0.25, -0.2) is 0 Å². The summed E-state index contributed by atoms with van der Waals surface area (Å²) in [5, 5.41) is 2.22. The van der Waals surface area contributed by atoms with E-state index in [1.807, 2.05) is 30.1 Å². The van der Waals surface area contributed by atoms with E-state index in [1.54, 1.807) is 0 Å². The molecule has 0 unspecified atom stereocenters. The number of halogens is 1. The Labute approximate surface area is 177 Å². The number of benzene rings is 2. The molecule has 0 saturated carbocycles. The monoisotopic (exact) mass is 413 g/mol. The van der Waals surface area contributed by atoms with Crippen LogP contribution in [0.5, 0.6) is 0 Å². The number of nitrogens with one attached hydrogen (secondary N) is 1. The topological polar surface area (TPSA) is 22.3 Å². The van der Waals surface area contributed by atoms with E-state index >= 15 is 0 Å². The third kappa shape index (κ3) is 4.51. The van der Waals surface area contributed by atoms with E-state index in [2.05, 4.69) is 52.0 Å². The van der Waals surface area contributed by atoms with E-state index in [0.29, 0.717) is 0 Å². The van der Waals surface area contributed by atoms with Crippen molar-refractivity contribution in [3.63, 3.8) is 0 Å². The predicted octanol–water partition coefficient (Wildman–Crippen LogP) is 5.82. The zero-order valence-electron chi connectivity index (χ0n) is 16.5. The fraction of sp³-hybridized carbons (Fsp3) is 0.391. The highest BCUT2D eigenvalue weighted by atomic mass is 35.5. The summed E-state index contributed by atoms with van der Waals surface area (Å²) >= 11 is 8.22. The van der Waals surface area contributed by atoms with Crippen LogP contribution in [-0.4, -0.2) is 48.4 Å². The third-order valence-electron chi connectivity index (χ3n) is 5.56. The Morgan fingerprint density at radius 2 is 1.82 bits per heavy atom. The summed E-state index contributed by atoms with van der Waals surface area (Å²) in [6, 6.07) is 14.9. The van der Waals surface area contributed by atoms with Crippen molar-refractivity contribution in [3.05, 3.63) is 59.2 Å². The molecule has 1 fully saturated rings. The van der Waals surface area contributed by atoms with Crippen LogP contribution >= 0.6 is 23.4 Å². The molecule has 1 N–H and O–H groups in total. The lowest BCUT2D eigenvalue weighted by Gasteiger charge is -2.36. The summed E-state index contributed by atoms with van der Waals surface area (Å²) in [6.45, 7) is 7.86. The maximum Gasteiger partial charge on any atom is 0.0544 e. The van der Waals surface area contributed by atoms with Crippen LogP contribution in [0.25, 0.3) is 10.9 Å². The van der Waals surface area contributed by atoms with Crippen LogP contribution in [0.15, 0.2) is 53.6 Å². The van der Waals surface area contributed by atoms with Crippen LogP contribution in [0.3, 0.4) is 0 Å². The molecule has 3 nitrogen and oxygen atoms in total. The average molecular weight is 414 g/mol. The molecule has 1 saturated heterocycles. The fourth-order valence-electron chi connectivity index (χ4n) is 3.97. The van der Waals surface area contributed by atoms with Gasteiger partial charge in [0.15, 0.2) is 0 Å². The van der Waals surface area contributed by atoms with Crippen molar-refractivity contribution < 1.29 is 0 Å². The van der Waals surface area contributed by atoms with Crippen molar-refractivity contribution in [2.24, 2.45) is 0 Å². The number of hydrogen-bond donors (Lipinski definition) is 1. The van der Waals surface area contributed by atoms with E-state index in [1.165, 1.54) is 46.4 Å². The number of anilines is 1. The van der Waals surface area contributed by atoms with Crippen LogP contribution in [-0.2, 0) is 0 Å². The molecular formula is C23H28ClN3S. The smallest absolute Gasteiger partial charge is 0.0544 e. The minimum Gasteiger partial charge on any atom is -0.368 e. The van der Waals surface area contributed by atoms with E-state index in [4.69, 9.17) is 11.6 Å². The maximum absolute atomic E-state index is 6.32. The Morgan fingerprint density at radius 1 is 1.00 bits per heavy atom. The van der Waals surface area contributed by atoms with Gasteiger partial charge in [-0.15, -0.1) is 11.8 Å². The SMILES string of the molecule is Cc1cccc(Cl)c1SCCCCN1CCN(c2cccc3[nH]ccc23)CC1. The maximum atomic E-state index is 6.32. The second-order valence-corrected chi connectivity index (χ2v) is 9.00. The zero-order chi connectivity index (χ0) is 19.3. The lowest BCUT2D eigenvalue weighted by molar-refractivity contribution is 0.254. The van der Waals surface area contributed by atoms with Gasteiger partial charge in [0, 0.05) is 53.9 Å². The molecule has 0 spiro atoms. The van der Waals surface area contributed by atoms with E-state index in [-0.39, 0.29) is 0 Å². The number of piperazine rings is 1. The number of hydrogen-bond acceptors (Lipinski definition) is 3. The zero-order valence-corrected chi connectivity index (χ0v) is 18.0. The van der Waals surface area contributed by atoms with Crippen molar-refractivity contribution in [3.8, 4) is 0 Å². The first-order valence-corrected chi connectivity index (χ1v) is 11.5. The largest absolute Gasteiger partial charge is 0.368 e. The Balaban J connectivity index is 1.20. The molecule has 2 aromatic carbocycles. The molecule has 1 aliphatic heterocycles. The molecule has 1 aromatic heterocycles. The minimum absolute atomic E-state index is 0.888. The number of thioether (sulfide) groups is 1. The summed E-state index contributed by atoms with van der Waals surface area (Å²) in [5.41, 5.74) is 3.88. The molecule has 0 bridgehead atoms. The molecule has 5 heteroatoms. The van der Waals surface area contributed by atoms with Crippen molar-refractivity contribution in [2.75, 3.05) is 43.4 Å². The van der Waals surface area contributed by atoms with Gasteiger partial charge in [0.1, 0.15) is 0 Å². The van der Waals surface area contributed by atoms with Crippen LogP contribution in [0, 0.1) is 6.92 Å². The van der Waals surface area contributed by atoms with E-state index in [0.717, 1.165) is 37.0 Å². The van der Waals surface area contributed by atoms with Crippen LogP contribution in [0.1, 0.15) is 18.4 Å². The molecule has 3 aromatic rings. The lowest BCUT2D eigenvalue weighted by Crippen LogP contribution is -2.46. The minimum atomic E-state index is 0.888. The van der Waals surface area contributed by atoms with Crippen molar-refractivity contribution in [1.29, 1.82) is 0 Å². The second-order valence-electron chi connectivity index (χ2n) is 7.49. The van der Waals surface area contributed by atoms with Gasteiger partial charge in [-0.3, -0.25) is 4.90 Å². The van der Waals surface area contributed by atoms with Gasteiger partial charge >= 0.3 is 0 Å². The molecule has 0 aliphatic carbocycles. The number of rotatable bonds is 7. The van der Waals surface area contributed by atoms with Gasteiger partial charge in [-0.2, -0.15) is 0 Å². The average Bonchev–Trinajstić information content (AvgIpc) is 3.19. The summed E-state index contributed by atoms with van der Waals surface area (Å²) in [7, 11) is 0. The Morgan fingerprint density at radius 3 is 2.64 bits per heavy atom. The molecule has 2 heterocycles. The normalized spacial score (nSPS) is 15.4. The highest BCUT2D eigenvalue weighted by molar-refractivity contribution is 7.99. The van der Waals surface area contributed by atoms with E-state index < -0.39 is 0 Å². The molecular weight excluding hydrogens is 386 g/mol. The summed E-state index contributed by atoms with van der Waals surface area (Å²) < 4.78 is 0. The summed E-state index contributed by atoms with van der Waals surface area (Å²) in [5.74, 6) is 1.14. The number of unbranched alkanes of at least 4 members (excludes halogenated alkanes) is 1. The summed E-state index contributed by atoms with van der Waals surface area (Å²) in [6.07, 6.45) is 4.52. The Kier molecular flexibility index (Phi) is 6.50. The number of aryl methyl sites for hydroxylation is 1. The molecule has 1 aliphatic rings. The molecule has 4 rings (SSSR count). The van der Waals surface area contributed by atoms with Gasteiger partial charge in [-0.1, -0.05) is 29.8 Å². The van der Waals surface area contributed by atoms with Crippen LogP contribution in [0.4, 0.5) is 5.69 Å².